The topological polar surface area (TPSA) is 110 Å². The van der Waals surface area contributed by atoms with Crippen LogP contribution in [0, 0.1) is 0 Å². The molecule has 0 radical (unpaired) electrons. The molecule has 0 bridgehead atoms. The van der Waals surface area contributed by atoms with E-state index in [0.717, 1.165) is 4.47 Å². The Hall–Kier alpha value is -2.98. The number of rotatable bonds is 6. The summed E-state index contributed by atoms with van der Waals surface area (Å²) in [7, 11) is -2.53. The van der Waals surface area contributed by atoms with Gasteiger partial charge >= 0.3 is 0 Å². The minimum atomic E-state index is -3.90. The van der Waals surface area contributed by atoms with E-state index >= 15 is 0 Å². The lowest BCUT2D eigenvalue weighted by atomic mass is 10.2. The number of sulfonamides is 1. The molecule has 0 saturated carbocycles. The zero-order chi connectivity index (χ0) is 20.1. The maximum atomic E-state index is 12.5. The van der Waals surface area contributed by atoms with Gasteiger partial charge in [-0.2, -0.15) is 0 Å². The molecule has 0 aliphatic heterocycles. The highest BCUT2D eigenvalue weighted by Gasteiger charge is 2.18. The molecule has 0 aliphatic rings. The maximum Gasteiger partial charge on any atom is 0.263 e. The molecule has 0 saturated heterocycles. The number of carbonyl (C=O) groups excluding carboxylic acids is 1. The molecule has 0 unspecified atom stereocenters. The van der Waals surface area contributed by atoms with E-state index < -0.39 is 10.0 Å². The van der Waals surface area contributed by atoms with Gasteiger partial charge in [-0.15, -0.1) is 0 Å². The van der Waals surface area contributed by atoms with Crippen LogP contribution in [-0.2, 0) is 10.0 Å². The minimum Gasteiger partial charge on any atom is -0.478 e. The van der Waals surface area contributed by atoms with E-state index in [1.165, 1.54) is 43.8 Å². The molecule has 3 rings (SSSR count). The van der Waals surface area contributed by atoms with Crippen LogP contribution in [0.3, 0.4) is 0 Å². The van der Waals surface area contributed by atoms with Crippen molar-refractivity contribution < 1.29 is 17.9 Å². The predicted octanol–water partition coefficient (Wildman–Crippen LogP) is 3.30. The second-order valence-electron chi connectivity index (χ2n) is 5.51. The van der Waals surface area contributed by atoms with Crippen molar-refractivity contribution in [3.8, 4) is 5.88 Å². The van der Waals surface area contributed by atoms with Crippen LogP contribution in [0.25, 0.3) is 0 Å². The Labute approximate surface area is 170 Å². The van der Waals surface area contributed by atoms with Gasteiger partial charge in [0, 0.05) is 28.1 Å². The lowest BCUT2D eigenvalue weighted by Crippen LogP contribution is -2.15. The van der Waals surface area contributed by atoms with E-state index in [2.05, 4.69) is 35.9 Å². The number of ether oxygens (including phenoxy) is 1. The first-order valence-corrected chi connectivity index (χ1v) is 10.2. The summed E-state index contributed by atoms with van der Waals surface area (Å²) in [5.41, 5.74) is 0.934. The molecule has 10 heteroatoms. The Balaban J connectivity index is 1.75. The van der Waals surface area contributed by atoms with E-state index in [0.29, 0.717) is 11.3 Å². The van der Waals surface area contributed by atoms with Crippen LogP contribution in [0.15, 0.2) is 70.3 Å². The Morgan fingerprint density at radius 1 is 1.07 bits per heavy atom. The first-order chi connectivity index (χ1) is 13.4. The summed E-state index contributed by atoms with van der Waals surface area (Å²) >= 11 is 3.31. The molecule has 2 aromatic carbocycles. The number of halogens is 1. The zero-order valence-electron chi connectivity index (χ0n) is 14.6. The number of hydrogen-bond acceptors (Lipinski definition) is 6. The van der Waals surface area contributed by atoms with Crippen molar-refractivity contribution in [2.24, 2.45) is 0 Å². The second kappa shape index (κ2) is 8.36. The summed E-state index contributed by atoms with van der Waals surface area (Å²) in [6, 6.07) is 12.7. The lowest BCUT2D eigenvalue weighted by molar-refractivity contribution is 0.102. The Bertz CT molecular complexity index is 1100. The van der Waals surface area contributed by atoms with E-state index in [4.69, 9.17) is 4.74 Å². The Morgan fingerprint density at radius 3 is 2.46 bits per heavy atom. The summed E-state index contributed by atoms with van der Waals surface area (Å²) in [5.74, 6) is -0.264. The molecular weight excluding hydrogens is 448 g/mol. The number of methoxy groups -OCH3 is 1. The average molecular weight is 463 g/mol. The van der Waals surface area contributed by atoms with Crippen molar-refractivity contribution in [3.63, 3.8) is 0 Å². The maximum absolute atomic E-state index is 12.5. The highest BCUT2D eigenvalue weighted by Crippen LogP contribution is 2.22. The molecule has 28 heavy (non-hydrogen) atoms. The van der Waals surface area contributed by atoms with Crippen molar-refractivity contribution >= 4 is 43.4 Å². The van der Waals surface area contributed by atoms with E-state index in [1.54, 1.807) is 18.2 Å². The SMILES string of the molecule is COc1nccnc1NS(=O)(=O)c1ccc(NC(=O)c2cccc(Br)c2)cc1. The van der Waals surface area contributed by atoms with E-state index in [-0.39, 0.29) is 22.5 Å². The number of nitrogens with zero attached hydrogens (tertiary/aromatic N) is 2. The summed E-state index contributed by atoms with van der Waals surface area (Å²) in [4.78, 5) is 20.1. The number of aromatic nitrogens is 2. The van der Waals surface area contributed by atoms with Gasteiger partial charge in [0.25, 0.3) is 21.8 Å². The number of anilines is 2. The molecule has 3 aromatic rings. The largest absolute Gasteiger partial charge is 0.478 e. The van der Waals surface area contributed by atoms with Crippen LogP contribution < -0.4 is 14.8 Å². The predicted molar refractivity (Wildman–Crippen MR) is 108 cm³/mol. The fourth-order valence-corrected chi connectivity index (χ4v) is 3.69. The molecular formula is C18H15BrN4O4S. The molecule has 1 aromatic heterocycles. The third-order valence-corrected chi connectivity index (χ3v) is 5.45. The number of benzene rings is 2. The van der Waals surface area contributed by atoms with Gasteiger partial charge in [0.15, 0.2) is 0 Å². The molecule has 1 amide bonds. The van der Waals surface area contributed by atoms with Crippen molar-refractivity contribution in [2.75, 3.05) is 17.1 Å². The summed E-state index contributed by atoms with van der Waals surface area (Å²) in [6.45, 7) is 0. The van der Waals surface area contributed by atoms with Gasteiger partial charge in [-0.05, 0) is 42.5 Å². The number of amides is 1. The van der Waals surface area contributed by atoms with Gasteiger partial charge in [-0.3, -0.25) is 9.52 Å². The lowest BCUT2D eigenvalue weighted by Gasteiger charge is -2.10. The normalized spacial score (nSPS) is 10.9. The minimum absolute atomic E-state index is 0.000612. The summed E-state index contributed by atoms with van der Waals surface area (Å²) in [5, 5.41) is 2.71. The van der Waals surface area contributed by atoms with Gasteiger partial charge < -0.3 is 10.1 Å². The first kappa shape index (κ1) is 19.8. The third-order valence-electron chi connectivity index (χ3n) is 3.60. The van der Waals surface area contributed by atoms with E-state index in [9.17, 15) is 13.2 Å². The highest BCUT2D eigenvalue weighted by molar-refractivity contribution is 9.10. The second-order valence-corrected chi connectivity index (χ2v) is 8.11. The fourth-order valence-electron chi connectivity index (χ4n) is 2.28. The van der Waals surface area contributed by atoms with Gasteiger partial charge in [-0.1, -0.05) is 22.0 Å². The van der Waals surface area contributed by atoms with Gasteiger partial charge in [0.2, 0.25) is 5.82 Å². The van der Waals surface area contributed by atoms with Crippen molar-refractivity contribution in [1.82, 2.24) is 9.97 Å². The highest BCUT2D eigenvalue weighted by atomic mass is 79.9. The molecule has 0 spiro atoms. The van der Waals surface area contributed by atoms with Crippen LogP contribution in [0.2, 0.25) is 0 Å². The smallest absolute Gasteiger partial charge is 0.263 e. The summed E-state index contributed by atoms with van der Waals surface area (Å²) < 4.78 is 33.2. The van der Waals surface area contributed by atoms with E-state index in [1.807, 2.05) is 6.07 Å². The summed E-state index contributed by atoms with van der Waals surface area (Å²) in [6.07, 6.45) is 2.74. The first-order valence-electron chi connectivity index (χ1n) is 7.94. The van der Waals surface area contributed by atoms with Crippen LogP contribution in [0.5, 0.6) is 5.88 Å². The molecule has 0 atom stereocenters. The molecule has 144 valence electrons. The van der Waals surface area contributed by atoms with Crippen molar-refractivity contribution in [2.45, 2.75) is 4.90 Å². The van der Waals surface area contributed by atoms with Crippen molar-refractivity contribution in [1.29, 1.82) is 0 Å². The van der Waals surface area contributed by atoms with Crippen LogP contribution in [0.4, 0.5) is 11.5 Å². The molecule has 8 nitrogen and oxygen atoms in total. The van der Waals surface area contributed by atoms with Gasteiger partial charge in [-0.25, -0.2) is 18.4 Å². The average Bonchev–Trinajstić information content (AvgIpc) is 2.68. The Morgan fingerprint density at radius 2 is 1.79 bits per heavy atom. The van der Waals surface area contributed by atoms with Crippen molar-refractivity contribution in [3.05, 3.63) is 71.0 Å². The number of carbonyl (C=O) groups is 1. The molecule has 0 aliphatic carbocycles. The molecule has 2 N–H and O–H groups in total. The molecule has 0 fully saturated rings. The standard InChI is InChI=1S/C18H15BrN4O4S/c1-27-18-16(20-9-10-21-18)23-28(25,26)15-7-5-14(6-8-15)22-17(24)12-3-2-4-13(19)11-12/h2-11H,1H3,(H,20,23)(H,22,24). The molecule has 1 heterocycles. The quantitative estimate of drug-likeness (QED) is 0.581. The third kappa shape index (κ3) is 4.65. The van der Waals surface area contributed by atoms with Gasteiger partial charge in [0.1, 0.15) is 0 Å². The van der Waals surface area contributed by atoms with Gasteiger partial charge in [0.05, 0.1) is 12.0 Å². The fraction of sp³-hybridized carbons (Fsp3) is 0.0556. The van der Waals surface area contributed by atoms with Crippen LogP contribution in [0.1, 0.15) is 10.4 Å². The van der Waals surface area contributed by atoms with Crippen LogP contribution >= 0.6 is 15.9 Å². The zero-order valence-corrected chi connectivity index (χ0v) is 17.0. The van der Waals surface area contributed by atoms with Crippen LogP contribution in [-0.4, -0.2) is 31.4 Å². The Kier molecular flexibility index (Phi) is 5.90. The number of hydrogen-bond donors (Lipinski definition) is 2. The monoisotopic (exact) mass is 462 g/mol. The number of nitrogens with one attached hydrogen (secondary N) is 2.